The molecule has 2 aromatic rings. The number of hydrogen-bond donors (Lipinski definition) is 1. The summed E-state index contributed by atoms with van der Waals surface area (Å²) in [6.07, 6.45) is 4.06. The van der Waals surface area contributed by atoms with Crippen molar-refractivity contribution in [2.24, 2.45) is 5.73 Å². The molecule has 2 unspecified atom stereocenters. The van der Waals surface area contributed by atoms with Crippen molar-refractivity contribution in [3.8, 4) is 0 Å². The quantitative estimate of drug-likeness (QED) is 0.917. The van der Waals surface area contributed by atoms with Gasteiger partial charge in [-0.3, -0.25) is 0 Å². The minimum atomic E-state index is 0.0481. The molecule has 0 bridgehead atoms. The Balaban J connectivity index is 1.89. The first kappa shape index (κ1) is 12.4. The number of hydrogen-bond acceptors (Lipinski definition) is 4. The highest BCUT2D eigenvalue weighted by Crippen LogP contribution is 2.35. The number of fused-ring (bicyclic) bond motifs is 1. The monoisotopic (exact) mass is 257 g/mol. The van der Waals surface area contributed by atoms with Gasteiger partial charge < -0.3 is 10.3 Å². The molecule has 1 aliphatic carbocycles. The fourth-order valence-electron chi connectivity index (χ4n) is 2.79. The van der Waals surface area contributed by atoms with Crippen LogP contribution in [0, 0.1) is 0 Å². The lowest BCUT2D eigenvalue weighted by molar-refractivity contribution is 0.363. The van der Waals surface area contributed by atoms with Crippen molar-refractivity contribution in [3.05, 3.63) is 47.1 Å². The Morgan fingerprint density at radius 3 is 3.11 bits per heavy atom. The number of aryl methyl sites for hydroxylation is 1. The standard InChI is InChI=1S/C15H19N3O/c1-10(16)9-14-17-15(18-19-14)13-8-4-6-11-5-2-3-7-12(11)13/h2-3,5,7,10,13H,4,6,8-9,16H2,1H3. The van der Waals surface area contributed by atoms with Gasteiger partial charge in [-0.15, -0.1) is 0 Å². The number of nitrogens with zero attached hydrogens (tertiary/aromatic N) is 2. The van der Waals surface area contributed by atoms with E-state index in [0.29, 0.717) is 12.3 Å². The van der Waals surface area contributed by atoms with Crippen molar-refractivity contribution < 1.29 is 4.52 Å². The molecule has 3 rings (SSSR count). The van der Waals surface area contributed by atoms with Crippen molar-refractivity contribution in [1.29, 1.82) is 0 Å². The first-order valence-corrected chi connectivity index (χ1v) is 6.90. The van der Waals surface area contributed by atoms with Crippen LogP contribution in [0.15, 0.2) is 28.8 Å². The minimum absolute atomic E-state index is 0.0481. The van der Waals surface area contributed by atoms with Crippen molar-refractivity contribution in [2.45, 2.75) is 44.6 Å². The van der Waals surface area contributed by atoms with Crippen molar-refractivity contribution in [3.63, 3.8) is 0 Å². The van der Waals surface area contributed by atoms with Crippen molar-refractivity contribution in [2.75, 3.05) is 0 Å². The molecule has 1 heterocycles. The van der Waals surface area contributed by atoms with Gasteiger partial charge in [0.2, 0.25) is 5.89 Å². The lowest BCUT2D eigenvalue weighted by Gasteiger charge is -2.22. The van der Waals surface area contributed by atoms with Gasteiger partial charge >= 0.3 is 0 Å². The summed E-state index contributed by atoms with van der Waals surface area (Å²) in [6, 6.07) is 8.61. The summed E-state index contributed by atoms with van der Waals surface area (Å²) in [5.41, 5.74) is 8.52. The van der Waals surface area contributed by atoms with Gasteiger partial charge in [-0.05, 0) is 37.3 Å². The third-order valence-corrected chi connectivity index (χ3v) is 3.66. The molecule has 0 saturated heterocycles. The van der Waals surface area contributed by atoms with Crippen molar-refractivity contribution >= 4 is 0 Å². The Bertz CT molecular complexity index is 562. The molecule has 0 fully saturated rings. The van der Waals surface area contributed by atoms with Gasteiger partial charge in [0.1, 0.15) is 0 Å². The Hall–Kier alpha value is -1.68. The molecular formula is C15H19N3O. The third-order valence-electron chi connectivity index (χ3n) is 3.66. The Morgan fingerprint density at radius 1 is 1.42 bits per heavy atom. The molecule has 100 valence electrons. The summed E-state index contributed by atoms with van der Waals surface area (Å²) >= 11 is 0. The van der Waals surface area contributed by atoms with Gasteiger partial charge in [0.05, 0.1) is 0 Å². The molecule has 19 heavy (non-hydrogen) atoms. The van der Waals surface area contributed by atoms with Crippen LogP contribution in [0.4, 0.5) is 0 Å². The molecule has 0 radical (unpaired) electrons. The van der Waals surface area contributed by atoms with E-state index < -0.39 is 0 Å². The molecule has 0 amide bonds. The predicted molar refractivity (Wildman–Crippen MR) is 72.9 cm³/mol. The first-order valence-electron chi connectivity index (χ1n) is 6.90. The summed E-state index contributed by atoms with van der Waals surface area (Å²) in [4.78, 5) is 4.52. The largest absolute Gasteiger partial charge is 0.339 e. The first-order chi connectivity index (χ1) is 9.24. The van der Waals surface area contributed by atoms with E-state index in [9.17, 15) is 0 Å². The molecule has 1 aliphatic rings. The van der Waals surface area contributed by atoms with Crippen LogP contribution >= 0.6 is 0 Å². The highest BCUT2D eigenvalue weighted by molar-refractivity contribution is 5.36. The number of rotatable bonds is 3. The maximum atomic E-state index is 5.76. The lowest BCUT2D eigenvalue weighted by Crippen LogP contribution is -2.18. The molecule has 0 saturated carbocycles. The van der Waals surface area contributed by atoms with Gasteiger partial charge in [0, 0.05) is 18.4 Å². The molecule has 2 N–H and O–H groups in total. The minimum Gasteiger partial charge on any atom is -0.339 e. The molecule has 4 heteroatoms. The van der Waals surface area contributed by atoms with Crippen LogP contribution in [0.25, 0.3) is 0 Å². The maximum absolute atomic E-state index is 5.76. The second-order valence-corrected chi connectivity index (χ2v) is 5.37. The highest BCUT2D eigenvalue weighted by Gasteiger charge is 2.25. The fourth-order valence-corrected chi connectivity index (χ4v) is 2.79. The van der Waals surface area contributed by atoms with E-state index >= 15 is 0 Å². The lowest BCUT2D eigenvalue weighted by atomic mass is 9.82. The van der Waals surface area contributed by atoms with E-state index in [1.807, 2.05) is 6.92 Å². The zero-order valence-electron chi connectivity index (χ0n) is 11.2. The second-order valence-electron chi connectivity index (χ2n) is 5.37. The fraction of sp³-hybridized carbons (Fsp3) is 0.467. The van der Waals surface area contributed by atoms with Crippen molar-refractivity contribution in [1.82, 2.24) is 10.1 Å². The van der Waals surface area contributed by atoms with Crippen LogP contribution in [0.5, 0.6) is 0 Å². The zero-order valence-corrected chi connectivity index (χ0v) is 11.2. The molecule has 1 aromatic carbocycles. The van der Waals surface area contributed by atoms with E-state index in [1.165, 1.54) is 17.5 Å². The van der Waals surface area contributed by atoms with Crippen LogP contribution in [0.3, 0.4) is 0 Å². The molecule has 2 atom stereocenters. The Morgan fingerprint density at radius 2 is 2.26 bits per heavy atom. The summed E-state index contributed by atoms with van der Waals surface area (Å²) in [7, 11) is 0. The summed E-state index contributed by atoms with van der Waals surface area (Å²) in [5, 5.41) is 4.15. The SMILES string of the molecule is CC(N)Cc1nc(C2CCCc3ccccc32)no1. The number of benzene rings is 1. The van der Waals surface area contributed by atoms with Gasteiger partial charge in [0.15, 0.2) is 5.82 Å². The molecule has 1 aromatic heterocycles. The smallest absolute Gasteiger partial charge is 0.228 e. The van der Waals surface area contributed by atoms with Gasteiger partial charge in [-0.2, -0.15) is 4.98 Å². The molecule has 4 nitrogen and oxygen atoms in total. The van der Waals surface area contributed by atoms with E-state index in [4.69, 9.17) is 10.3 Å². The number of aromatic nitrogens is 2. The predicted octanol–water partition coefficient (Wildman–Crippen LogP) is 2.43. The van der Waals surface area contributed by atoms with Crippen LogP contribution < -0.4 is 5.73 Å². The molecule has 0 aliphatic heterocycles. The number of nitrogens with two attached hydrogens (primary N) is 1. The third kappa shape index (κ3) is 2.54. The van der Waals surface area contributed by atoms with E-state index in [2.05, 4.69) is 34.4 Å². The molecule has 0 spiro atoms. The Labute approximate surface area is 113 Å². The molecular weight excluding hydrogens is 238 g/mol. The van der Waals surface area contributed by atoms with Gasteiger partial charge in [-0.1, -0.05) is 29.4 Å². The van der Waals surface area contributed by atoms with E-state index in [-0.39, 0.29) is 12.0 Å². The summed E-state index contributed by atoms with van der Waals surface area (Å²) in [5.74, 6) is 1.73. The summed E-state index contributed by atoms with van der Waals surface area (Å²) < 4.78 is 5.30. The average Bonchev–Trinajstić information content (AvgIpc) is 2.85. The second kappa shape index (κ2) is 5.13. The van der Waals surface area contributed by atoms with Gasteiger partial charge in [-0.25, -0.2) is 0 Å². The van der Waals surface area contributed by atoms with Crippen LogP contribution in [0.1, 0.15) is 48.5 Å². The Kier molecular flexibility index (Phi) is 3.34. The zero-order chi connectivity index (χ0) is 13.2. The topological polar surface area (TPSA) is 64.9 Å². The van der Waals surface area contributed by atoms with Crippen LogP contribution in [-0.4, -0.2) is 16.2 Å². The van der Waals surface area contributed by atoms with E-state index in [0.717, 1.165) is 18.7 Å². The normalized spacial score (nSPS) is 20.0. The maximum Gasteiger partial charge on any atom is 0.228 e. The summed E-state index contributed by atoms with van der Waals surface area (Å²) in [6.45, 7) is 1.94. The average molecular weight is 257 g/mol. The van der Waals surface area contributed by atoms with Crippen LogP contribution in [-0.2, 0) is 12.8 Å². The van der Waals surface area contributed by atoms with E-state index in [1.54, 1.807) is 0 Å². The highest BCUT2D eigenvalue weighted by atomic mass is 16.5. The van der Waals surface area contributed by atoms with Crippen LogP contribution in [0.2, 0.25) is 0 Å². The van der Waals surface area contributed by atoms with Gasteiger partial charge in [0.25, 0.3) is 0 Å².